The van der Waals surface area contributed by atoms with Gasteiger partial charge in [-0.2, -0.15) is 0 Å². The number of nitrogens with zero attached hydrogens (tertiary/aromatic N) is 2. The lowest BCUT2D eigenvalue weighted by molar-refractivity contribution is -0.387. The van der Waals surface area contributed by atoms with Crippen LogP contribution in [0.5, 0.6) is 0 Å². The molecule has 1 aromatic carbocycles. The molecule has 7 heteroatoms. The molecule has 1 N–H and O–H groups in total. The van der Waals surface area contributed by atoms with Crippen LogP contribution in [0.2, 0.25) is 0 Å². The SMILES string of the molecule is N=NC(=O)CSc1ccccc1[N+](=O)[O-]. The van der Waals surface area contributed by atoms with Crippen LogP contribution in [0, 0.1) is 15.6 Å². The third kappa shape index (κ3) is 3.13. The lowest BCUT2D eigenvalue weighted by Crippen LogP contribution is -1.96. The van der Waals surface area contributed by atoms with Crippen molar-refractivity contribution < 1.29 is 9.72 Å². The van der Waals surface area contributed by atoms with E-state index in [0.29, 0.717) is 4.90 Å². The van der Waals surface area contributed by atoms with Crippen molar-refractivity contribution >= 4 is 23.4 Å². The third-order valence-corrected chi connectivity index (χ3v) is 2.59. The number of thioether (sulfide) groups is 1. The summed E-state index contributed by atoms with van der Waals surface area (Å²) < 4.78 is 0. The fraction of sp³-hybridized carbons (Fsp3) is 0.125. The first-order chi connectivity index (χ1) is 7.15. The molecule has 1 rings (SSSR count). The maximum Gasteiger partial charge on any atom is 0.282 e. The van der Waals surface area contributed by atoms with E-state index in [2.05, 4.69) is 5.11 Å². The molecule has 0 aliphatic rings. The molecule has 0 aliphatic heterocycles. The lowest BCUT2D eigenvalue weighted by Gasteiger charge is -1.99. The van der Waals surface area contributed by atoms with Gasteiger partial charge in [-0.15, -0.1) is 16.9 Å². The van der Waals surface area contributed by atoms with Crippen molar-refractivity contribution in [2.45, 2.75) is 4.90 Å². The zero-order chi connectivity index (χ0) is 11.3. The Balaban J connectivity index is 2.80. The lowest BCUT2D eigenvalue weighted by atomic mass is 10.3. The van der Waals surface area contributed by atoms with Crippen molar-refractivity contribution in [3.8, 4) is 0 Å². The van der Waals surface area contributed by atoms with E-state index in [1.54, 1.807) is 18.2 Å². The summed E-state index contributed by atoms with van der Waals surface area (Å²) in [5.41, 5.74) is 6.40. The number of nitro benzene ring substituents is 1. The minimum atomic E-state index is -0.613. The molecule has 78 valence electrons. The Labute approximate surface area is 89.3 Å². The van der Waals surface area contributed by atoms with Gasteiger partial charge in [0, 0.05) is 6.07 Å². The average Bonchev–Trinajstić information content (AvgIpc) is 2.26. The normalized spacial score (nSPS) is 9.60. The van der Waals surface area contributed by atoms with Gasteiger partial charge >= 0.3 is 0 Å². The van der Waals surface area contributed by atoms with Gasteiger partial charge in [0.05, 0.1) is 15.6 Å². The highest BCUT2D eigenvalue weighted by atomic mass is 32.2. The number of nitrogens with one attached hydrogen (secondary N) is 1. The number of nitro groups is 1. The molecule has 0 spiro atoms. The first-order valence-electron chi connectivity index (χ1n) is 3.91. The summed E-state index contributed by atoms with van der Waals surface area (Å²) >= 11 is 1.00. The summed E-state index contributed by atoms with van der Waals surface area (Å²) in [6, 6.07) is 6.13. The maximum absolute atomic E-state index is 10.7. The molecule has 0 aromatic heterocycles. The highest BCUT2D eigenvalue weighted by molar-refractivity contribution is 8.00. The Morgan fingerprint density at radius 3 is 2.80 bits per heavy atom. The summed E-state index contributed by atoms with van der Waals surface area (Å²) in [5.74, 6) is -0.674. The molecule has 0 saturated heterocycles. The number of hydrogen-bond acceptors (Lipinski definition) is 5. The van der Waals surface area contributed by atoms with Crippen molar-refractivity contribution in [2.24, 2.45) is 5.11 Å². The second-order valence-corrected chi connectivity index (χ2v) is 3.54. The molecular formula is C8H7N3O3S. The molecule has 1 aromatic rings. The quantitative estimate of drug-likeness (QED) is 0.368. The van der Waals surface area contributed by atoms with E-state index in [4.69, 9.17) is 5.53 Å². The summed E-state index contributed by atoms with van der Waals surface area (Å²) in [4.78, 5) is 21.2. The first kappa shape index (κ1) is 11.3. The van der Waals surface area contributed by atoms with Crippen LogP contribution in [0.25, 0.3) is 0 Å². The fourth-order valence-corrected chi connectivity index (χ4v) is 1.71. The maximum atomic E-state index is 10.7. The summed E-state index contributed by atoms with van der Waals surface area (Å²) in [6.45, 7) is 0. The summed E-state index contributed by atoms with van der Waals surface area (Å²) in [5, 5.41) is 13.3. The largest absolute Gasteiger partial charge is 0.282 e. The minimum absolute atomic E-state index is 0.0414. The van der Waals surface area contributed by atoms with Gasteiger partial charge in [0.15, 0.2) is 0 Å². The van der Waals surface area contributed by atoms with E-state index in [1.807, 2.05) is 0 Å². The van der Waals surface area contributed by atoms with Crippen molar-refractivity contribution in [3.05, 3.63) is 34.4 Å². The van der Waals surface area contributed by atoms with Gasteiger partial charge in [-0.3, -0.25) is 14.9 Å². The van der Waals surface area contributed by atoms with Crippen molar-refractivity contribution in [3.63, 3.8) is 0 Å². The molecule has 0 radical (unpaired) electrons. The number of carbonyl (C=O) groups excluding carboxylic acids is 1. The minimum Gasteiger partial charge on any atom is -0.270 e. The van der Waals surface area contributed by atoms with Crippen molar-refractivity contribution in [2.75, 3.05) is 5.75 Å². The van der Waals surface area contributed by atoms with Crippen LogP contribution < -0.4 is 0 Å². The van der Waals surface area contributed by atoms with E-state index in [0.717, 1.165) is 11.8 Å². The van der Waals surface area contributed by atoms with E-state index >= 15 is 0 Å². The standard InChI is InChI=1S/C8H7N3O3S/c9-10-8(12)5-15-7-4-2-1-3-6(7)11(13)14/h1-4,9H,5H2. The predicted octanol–water partition coefficient (Wildman–Crippen LogP) is 2.24. The van der Waals surface area contributed by atoms with E-state index in [1.165, 1.54) is 6.07 Å². The third-order valence-electron chi connectivity index (χ3n) is 1.54. The molecule has 0 aliphatic carbocycles. The molecule has 0 heterocycles. The van der Waals surface area contributed by atoms with E-state index in [9.17, 15) is 14.9 Å². The van der Waals surface area contributed by atoms with Crippen LogP contribution >= 0.6 is 11.8 Å². The zero-order valence-corrected chi connectivity index (χ0v) is 8.36. The van der Waals surface area contributed by atoms with Crippen molar-refractivity contribution in [1.82, 2.24) is 0 Å². The van der Waals surface area contributed by atoms with E-state index < -0.39 is 10.8 Å². The zero-order valence-electron chi connectivity index (χ0n) is 7.54. The molecule has 0 saturated carbocycles. The van der Waals surface area contributed by atoms with Gasteiger partial charge < -0.3 is 0 Å². The molecule has 15 heavy (non-hydrogen) atoms. The van der Waals surface area contributed by atoms with Crippen LogP contribution in [-0.4, -0.2) is 16.6 Å². The fourth-order valence-electron chi connectivity index (χ4n) is 0.902. The first-order valence-corrected chi connectivity index (χ1v) is 4.90. The topological polar surface area (TPSA) is 96.4 Å². The number of carbonyl (C=O) groups is 1. The molecule has 0 unspecified atom stereocenters. The second kappa shape index (κ2) is 5.20. The Bertz CT molecular complexity index is 408. The van der Waals surface area contributed by atoms with Gasteiger partial charge in [-0.05, 0) is 6.07 Å². The molecule has 0 bridgehead atoms. The summed E-state index contributed by atoms with van der Waals surface area (Å²) in [6.07, 6.45) is 0. The number of rotatable bonds is 4. The van der Waals surface area contributed by atoms with Crippen LogP contribution in [0.3, 0.4) is 0 Å². The average molecular weight is 225 g/mol. The highest BCUT2D eigenvalue weighted by Crippen LogP contribution is 2.28. The molecular weight excluding hydrogens is 218 g/mol. The van der Waals surface area contributed by atoms with Gasteiger partial charge in [0.1, 0.15) is 0 Å². The Morgan fingerprint density at radius 2 is 2.20 bits per heavy atom. The molecule has 0 fully saturated rings. The number of amides is 1. The summed E-state index contributed by atoms with van der Waals surface area (Å²) in [7, 11) is 0. The number of hydrogen-bond donors (Lipinski definition) is 1. The smallest absolute Gasteiger partial charge is 0.270 e. The Hall–Kier alpha value is -1.76. The molecule has 6 nitrogen and oxygen atoms in total. The molecule has 0 atom stereocenters. The van der Waals surface area contributed by atoms with E-state index in [-0.39, 0.29) is 11.4 Å². The predicted molar refractivity (Wildman–Crippen MR) is 54.0 cm³/mol. The van der Waals surface area contributed by atoms with Gasteiger partial charge in [0.2, 0.25) is 0 Å². The van der Waals surface area contributed by atoms with Crippen LogP contribution in [-0.2, 0) is 4.79 Å². The molecule has 1 amide bonds. The monoisotopic (exact) mass is 225 g/mol. The Morgan fingerprint density at radius 1 is 1.53 bits per heavy atom. The van der Waals surface area contributed by atoms with Gasteiger partial charge in [0.25, 0.3) is 11.6 Å². The van der Waals surface area contributed by atoms with Gasteiger partial charge in [-0.25, -0.2) is 5.53 Å². The number of benzene rings is 1. The van der Waals surface area contributed by atoms with Crippen LogP contribution in [0.1, 0.15) is 0 Å². The highest BCUT2D eigenvalue weighted by Gasteiger charge is 2.13. The van der Waals surface area contributed by atoms with Crippen molar-refractivity contribution in [1.29, 1.82) is 5.53 Å². The number of para-hydroxylation sites is 1. The second-order valence-electron chi connectivity index (χ2n) is 2.52. The van der Waals surface area contributed by atoms with Gasteiger partial charge in [-0.1, -0.05) is 12.1 Å². The Kier molecular flexibility index (Phi) is 3.92. The van der Waals surface area contributed by atoms with Crippen LogP contribution in [0.4, 0.5) is 5.69 Å². The van der Waals surface area contributed by atoms with Crippen LogP contribution in [0.15, 0.2) is 34.3 Å².